The highest BCUT2D eigenvalue weighted by Crippen LogP contribution is 2.27. The highest BCUT2D eigenvalue weighted by atomic mass is 32.2. The van der Waals surface area contributed by atoms with E-state index in [2.05, 4.69) is 5.32 Å². The molecule has 0 saturated heterocycles. The third-order valence-corrected chi connectivity index (χ3v) is 4.12. The first-order valence-corrected chi connectivity index (χ1v) is 7.91. The van der Waals surface area contributed by atoms with Crippen LogP contribution in [-0.2, 0) is 21.2 Å². The molecule has 0 radical (unpaired) electrons. The molecule has 0 aliphatic heterocycles. The van der Waals surface area contributed by atoms with Crippen LogP contribution in [0.25, 0.3) is 0 Å². The van der Waals surface area contributed by atoms with E-state index in [0.29, 0.717) is 18.0 Å². The van der Waals surface area contributed by atoms with Gasteiger partial charge in [-0.25, -0.2) is 13.6 Å². The van der Waals surface area contributed by atoms with E-state index in [1.54, 1.807) is 6.07 Å². The van der Waals surface area contributed by atoms with E-state index in [0.717, 1.165) is 0 Å². The molecule has 0 aromatic heterocycles. The Kier molecular flexibility index (Phi) is 4.29. The number of ether oxygens (including phenoxy) is 1. The molecule has 0 unspecified atom stereocenters. The van der Waals surface area contributed by atoms with Crippen molar-refractivity contribution in [1.29, 1.82) is 0 Å². The number of rotatable bonds is 6. The second-order valence-corrected chi connectivity index (χ2v) is 6.48. The Morgan fingerprint density at radius 3 is 2.70 bits per heavy atom. The average Bonchev–Trinajstić information content (AvgIpc) is 3.19. The van der Waals surface area contributed by atoms with E-state index in [-0.39, 0.29) is 23.0 Å². The summed E-state index contributed by atoms with van der Waals surface area (Å²) in [5.41, 5.74) is 0.586. The molecule has 110 valence electrons. The minimum absolute atomic E-state index is 0.104. The zero-order valence-corrected chi connectivity index (χ0v) is 12.1. The van der Waals surface area contributed by atoms with Crippen LogP contribution in [0.15, 0.2) is 23.1 Å². The van der Waals surface area contributed by atoms with Crippen molar-refractivity contribution in [3.8, 4) is 5.75 Å². The second kappa shape index (κ2) is 5.80. The summed E-state index contributed by atoms with van der Waals surface area (Å²) in [5, 5.41) is 7.96. The van der Waals surface area contributed by atoms with Gasteiger partial charge in [0.2, 0.25) is 15.9 Å². The van der Waals surface area contributed by atoms with E-state index in [4.69, 9.17) is 9.88 Å². The van der Waals surface area contributed by atoms with Crippen LogP contribution < -0.4 is 15.2 Å². The molecule has 2 rings (SSSR count). The lowest BCUT2D eigenvalue weighted by atomic mass is 10.1. The largest absolute Gasteiger partial charge is 0.495 e. The number of nitrogens with two attached hydrogens (primary N) is 1. The fraction of sp³-hybridized carbons (Fsp3) is 0.462. The smallest absolute Gasteiger partial charge is 0.241 e. The van der Waals surface area contributed by atoms with Crippen molar-refractivity contribution in [3.63, 3.8) is 0 Å². The van der Waals surface area contributed by atoms with Crippen molar-refractivity contribution >= 4 is 15.9 Å². The molecule has 1 aromatic rings. The second-order valence-electron chi connectivity index (χ2n) is 4.95. The maximum Gasteiger partial charge on any atom is 0.241 e. The SMILES string of the molecule is COc1ccc(CC(=O)NCC2CC2)cc1S(N)(=O)=O. The Morgan fingerprint density at radius 1 is 1.45 bits per heavy atom. The van der Waals surface area contributed by atoms with Gasteiger partial charge in [0, 0.05) is 6.54 Å². The number of primary sulfonamides is 1. The maximum atomic E-state index is 11.7. The maximum absolute atomic E-state index is 11.7. The molecule has 0 atom stereocenters. The van der Waals surface area contributed by atoms with Crippen molar-refractivity contribution in [2.75, 3.05) is 13.7 Å². The van der Waals surface area contributed by atoms with Crippen LogP contribution in [0.3, 0.4) is 0 Å². The summed E-state index contributed by atoms with van der Waals surface area (Å²) in [4.78, 5) is 11.6. The average molecular weight is 298 g/mol. The Bertz CT molecular complexity index is 609. The van der Waals surface area contributed by atoms with Gasteiger partial charge in [0.05, 0.1) is 13.5 Å². The Balaban J connectivity index is 2.09. The molecule has 3 N–H and O–H groups in total. The van der Waals surface area contributed by atoms with Gasteiger partial charge in [-0.15, -0.1) is 0 Å². The first-order valence-electron chi connectivity index (χ1n) is 6.36. The Morgan fingerprint density at radius 2 is 2.15 bits per heavy atom. The summed E-state index contributed by atoms with van der Waals surface area (Å²) in [6.07, 6.45) is 2.45. The fourth-order valence-electron chi connectivity index (χ4n) is 1.88. The van der Waals surface area contributed by atoms with Crippen LogP contribution in [0.2, 0.25) is 0 Å². The highest BCUT2D eigenvalue weighted by molar-refractivity contribution is 7.89. The molecule has 20 heavy (non-hydrogen) atoms. The minimum Gasteiger partial charge on any atom is -0.495 e. The fourth-order valence-corrected chi connectivity index (χ4v) is 2.63. The number of nitrogens with one attached hydrogen (secondary N) is 1. The number of hydrogen-bond donors (Lipinski definition) is 2. The molecular weight excluding hydrogens is 280 g/mol. The van der Waals surface area contributed by atoms with Crippen LogP contribution in [0.1, 0.15) is 18.4 Å². The molecular formula is C13H18N2O4S. The lowest BCUT2D eigenvalue weighted by Gasteiger charge is -2.09. The Hall–Kier alpha value is -1.60. The topological polar surface area (TPSA) is 98.5 Å². The summed E-state index contributed by atoms with van der Waals surface area (Å²) < 4.78 is 27.9. The molecule has 6 nitrogen and oxygen atoms in total. The molecule has 1 amide bonds. The minimum atomic E-state index is -3.88. The summed E-state index contributed by atoms with van der Waals surface area (Å²) in [6, 6.07) is 4.54. The molecule has 0 heterocycles. The van der Waals surface area contributed by atoms with Gasteiger partial charge in [-0.05, 0) is 36.5 Å². The van der Waals surface area contributed by atoms with Crippen molar-refractivity contribution in [3.05, 3.63) is 23.8 Å². The molecule has 0 spiro atoms. The van der Waals surface area contributed by atoms with Gasteiger partial charge in [0.25, 0.3) is 0 Å². The molecule has 1 fully saturated rings. The summed E-state index contributed by atoms with van der Waals surface area (Å²) in [5.74, 6) is 0.659. The number of amides is 1. The summed E-state index contributed by atoms with van der Waals surface area (Å²) >= 11 is 0. The molecule has 7 heteroatoms. The zero-order valence-electron chi connectivity index (χ0n) is 11.3. The molecule has 0 bridgehead atoms. The number of methoxy groups -OCH3 is 1. The molecule has 1 aliphatic rings. The first-order chi connectivity index (χ1) is 9.40. The first kappa shape index (κ1) is 14.8. The highest BCUT2D eigenvalue weighted by Gasteiger charge is 2.22. The van der Waals surface area contributed by atoms with Crippen LogP contribution in [-0.4, -0.2) is 28.0 Å². The number of carbonyl (C=O) groups is 1. The van der Waals surface area contributed by atoms with Gasteiger partial charge >= 0.3 is 0 Å². The number of benzene rings is 1. The van der Waals surface area contributed by atoms with Crippen molar-refractivity contribution < 1.29 is 17.9 Å². The van der Waals surface area contributed by atoms with E-state index < -0.39 is 10.0 Å². The monoisotopic (exact) mass is 298 g/mol. The molecule has 1 aliphatic carbocycles. The third kappa shape index (κ3) is 3.94. The standard InChI is InChI=1S/C13H18N2O4S/c1-19-11-5-4-10(6-12(11)20(14,17)18)7-13(16)15-8-9-2-3-9/h4-6,9H,2-3,7-8H2,1H3,(H,15,16)(H2,14,17,18). The van der Waals surface area contributed by atoms with Crippen molar-refractivity contribution in [2.45, 2.75) is 24.2 Å². The van der Waals surface area contributed by atoms with E-state index in [1.807, 2.05) is 0 Å². The van der Waals surface area contributed by atoms with E-state index in [1.165, 1.54) is 32.1 Å². The molecule has 1 saturated carbocycles. The van der Waals surface area contributed by atoms with Crippen molar-refractivity contribution in [2.24, 2.45) is 11.1 Å². The summed E-state index contributed by atoms with van der Waals surface area (Å²) in [7, 11) is -2.51. The number of hydrogen-bond acceptors (Lipinski definition) is 4. The van der Waals surface area contributed by atoms with Crippen LogP contribution in [0, 0.1) is 5.92 Å². The van der Waals surface area contributed by atoms with Crippen molar-refractivity contribution in [1.82, 2.24) is 5.32 Å². The lowest BCUT2D eigenvalue weighted by molar-refractivity contribution is -0.120. The van der Waals surface area contributed by atoms with Gasteiger partial charge < -0.3 is 10.1 Å². The zero-order chi connectivity index (χ0) is 14.8. The lowest BCUT2D eigenvalue weighted by Crippen LogP contribution is -2.27. The predicted octanol–water partition coefficient (Wildman–Crippen LogP) is 0.411. The van der Waals surface area contributed by atoms with Gasteiger partial charge in [0.1, 0.15) is 10.6 Å². The predicted molar refractivity (Wildman–Crippen MR) is 73.8 cm³/mol. The van der Waals surface area contributed by atoms with Crippen LogP contribution in [0.4, 0.5) is 0 Å². The van der Waals surface area contributed by atoms with Crippen LogP contribution in [0.5, 0.6) is 5.75 Å². The van der Waals surface area contributed by atoms with Crippen LogP contribution >= 0.6 is 0 Å². The van der Waals surface area contributed by atoms with E-state index >= 15 is 0 Å². The third-order valence-electron chi connectivity index (χ3n) is 3.18. The number of sulfonamides is 1. The normalized spacial score (nSPS) is 14.9. The van der Waals surface area contributed by atoms with Gasteiger partial charge in [-0.2, -0.15) is 0 Å². The summed E-state index contributed by atoms with van der Waals surface area (Å²) in [6.45, 7) is 0.692. The van der Waals surface area contributed by atoms with Gasteiger partial charge in [-0.3, -0.25) is 4.79 Å². The molecule has 1 aromatic carbocycles. The van der Waals surface area contributed by atoms with Gasteiger partial charge in [0.15, 0.2) is 0 Å². The Labute approximate surface area is 118 Å². The number of carbonyl (C=O) groups excluding carboxylic acids is 1. The van der Waals surface area contributed by atoms with Gasteiger partial charge in [-0.1, -0.05) is 6.07 Å². The quantitative estimate of drug-likeness (QED) is 0.794. The van der Waals surface area contributed by atoms with E-state index in [9.17, 15) is 13.2 Å².